The first kappa shape index (κ1) is 12.7. The fraction of sp³-hybridized carbons (Fsp3) is 0.667. The molecule has 0 radical (unpaired) electrons. The Bertz CT molecular complexity index is 246. The number of hydrogen-bond donors (Lipinski definition) is 1. The summed E-state index contributed by atoms with van der Waals surface area (Å²) in [6, 6.07) is 2.63. The van der Waals surface area contributed by atoms with E-state index in [1.54, 1.807) is 11.3 Å². The lowest BCUT2D eigenvalue weighted by Gasteiger charge is -2.17. The molecule has 1 heterocycles. The number of thiophene rings is 1. The Labute approximate surface area is 96.7 Å². The van der Waals surface area contributed by atoms with Gasteiger partial charge < -0.3 is 10.1 Å². The minimum Gasteiger partial charge on any atom is -0.379 e. The maximum atomic E-state index is 5.58. The summed E-state index contributed by atoms with van der Waals surface area (Å²) in [5.41, 5.74) is 1.38. The third kappa shape index (κ3) is 4.78. The van der Waals surface area contributed by atoms with Gasteiger partial charge in [0.15, 0.2) is 0 Å². The predicted molar refractivity (Wildman–Crippen MR) is 66.4 cm³/mol. The Kier molecular flexibility index (Phi) is 5.91. The average Bonchev–Trinajstić information content (AvgIpc) is 2.68. The van der Waals surface area contributed by atoms with Crippen molar-refractivity contribution in [3.8, 4) is 0 Å². The van der Waals surface area contributed by atoms with Crippen LogP contribution in [0.4, 0.5) is 0 Å². The van der Waals surface area contributed by atoms with E-state index in [9.17, 15) is 0 Å². The maximum Gasteiger partial charge on any atom is 0.0518 e. The summed E-state index contributed by atoms with van der Waals surface area (Å²) < 4.78 is 5.58. The zero-order valence-corrected chi connectivity index (χ0v) is 10.6. The predicted octanol–water partition coefficient (Wildman–Crippen LogP) is 3.21. The topological polar surface area (TPSA) is 21.3 Å². The molecule has 0 fully saturated rings. The lowest BCUT2D eigenvalue weighted by atomic mass is 10.1. The van der Waals surface area contributed by atoms with Crippen LogP contribution in [0.2, 0.25) is 0 Å². The van der Waals surface area contributed by atoms with Gasteiger partial charge in [0.05, 0.1) is 6.10 Å². The van der Waals surface area contributed by atoms with Crippen molar-refractivity contribution >= 4 is 11.3 Å². The van der Waals surface area contributed by atoms with E-state index in [0.717, 1.165) is 19.6 Å². The third-order valence-corrected chi connectivity index (χ3v) is 2.96. The van der Waals surface area contributed by atoms with Crippen LogP contribution in [0.3, 0.4) is 0 Å². The smallest absolute Gasteiger partial charge is 0.0518 e. The van der Waals surface area contributed by atoms with Crippen molar-refractivity contribution in [1.29, 1.82) is 0 Å². The highest BCUT2D eigenvalue weighted by molar-refractivity contribution is 7.07. The fourth-order valence-electron chi connectivity index (χ4n) is 1.53. The normalized spacial score (nSPS) is 13.3. The van der Waals surface area contributed by atoms with Crippen LogP contribution in [0.25, 0.3) is 0 Å². The van der Waals surface area contributed by atoms with Gasteiger partial charge in [-0.1, -0.05) is 6.92 Å². The van der Waals surface area contributed by atoms with E-state index in [-0.39, 0.29) is 0 Å². The first-order chi connectivity index (χ1) is 7.24. The summed E-state index contributed by atoms with van der Waals surface area (Å²) in [7, 11) is 0. The summed E-state index contributed by atoms with van der Waals surface area (Å²) in [5, 5.41) is 7.82. The molecule has 0 saturated carbocycles. The Balaban J connectivity index is 2.38. The molecule has 1 N–H and O–H groups in total. The molecule has 0 amide bonds. The number of ether oxygens (including phenoxy) is 1. The lowest BCUT2D eigenvalue weighted by molar-refractivity contribution is 0.0716. The molecule has 0 aromatic carbocycles. The second-order valence-corrected chi connectivity index (χ2v) is 4.66. The van der Waals surface area contributed by atoms with Gasteiger partial charge in [0.1, 0.15) is 0 Å². The minimum atomic E-state index is 0.328. The van der Waals surface area contributed by atoms with Gasteiger partial charge in [-0.05, 0) is 49.2 Å². The van der Waals surface area contributed by atoms with Gasteiger partial charge in [0.2, 0.25) is 0 Å². The van der Waals surface area contributed by atoms with E-state index in [2.05, 4.69) is 42.9 Å². The molecule has 0 bridgehead atoms. The molecule has 0 spiro atoms. The average molecular weight is 227 g/mol. The van der Waals surface area contributed by atoms with Gasteiger partial charge in [0.25, 0.3) is 0 Å². The second kappa shape index (κ2) is 6.99. The van der Waals surface area contributed by atoms with Crippen LogP contribution < -0.4 is 5.32 Å². The van der Waals surface area contributed by atoms with Crippen LogP contribution in [0.5, 0.6) is 0 Å². The molecule has 3 heteroatoms. The molecule has 0 aliphatic carbocycles. The van der Waals surface area contributed by atoms with Crippen molar-refractivity contribution in [2.75, 3.05) is 13.2 Å². The number of nitrogens with one attached hydrogen (secondary N) is 1. The molecule has 1 aromatic heterocycles. The molecule has 15 heavy (non-hydrogen) atoms. The highest BCUT2D eigenvalue weighted by atomic mass is 32.1. The van der Waals surface area contributed by atoms with Crippen LogP contribution in [0.15, 0.2) is 16.8 Å². The van der Waals surface area contributed by atoms with Crippen molar-refractivity contribution in [3.05, 3.63) is 22.4 Å². The van der Waals surface area contributed by atoms with E-state index >= 15 is 0 Å². The summed E-state index contributed by atoms with van der Waals surface area (Å²) >= 11 is 1.75. The Morgan fingerprint density at radius 3 is 2.80 bits per heavy atom. The lowest BCUT2D eigenvalue weighted by Crippen LogP contribution is -2.22. The quantitative estimate of drug-likeness (QED) is 0.772. The first-order valence-corrected chi connectivity index (χ1v) is 6.55. The third-order valence-electron chi connectivity index (χ3n) is 2.25. The monoisotopic (exact) mass is 227 g/mol. The largest absolute Gasteiger partial charge is 0.379 e. The van der Waals surface area contributed by atoms with Crippen LogP contribution >= 0.6 is 11.3 Å². The van der Waals surface area contributed by atoms with Gasteiger partial charge in [-0.25, -0.2) is 0 Å². The van der Waals surface area contributed by atoms with E-state index in [4.69, 9.17) is 4.74 Å². The summed E-state index contributed by atoms with van der Waals surface area (Å²) in [5.74, 6) is 0. The van der Waals surface area contributed by atoms with Crippen LogP contribution in [0, 0.1) is 0 Å². The van der Waals surface area contributed by atoms with Crippen molar-refractivity contribution in [3.63, 3.8) is 0 Å². The van der Waals surface area contributed by atoms with Crippen molar-refractivity contribution in [2.24, 2.45) is 0 Å². The summed E-state index contributed by atoms with van der Waals surface area (Å²) in [4.78, 5) is 0. The van der Waals surface area contributed by atoms with Crippen LogP contribution in [0.1, 0.15) is 38.8 Å². The Morgan fingerprint density at radius 1 is 1.47 bits per heavy atom. The van der Waals surface area contributed by atoms with E-state index < -0.39 is 0 Å². The molecule has 2 nitrogen and oxygen atoms in total. The molecule has 1 atom stereocenters. The zero-order valence-electron chi connectivity index (χ0n) is 9.82. The standard InChI is InChI=1S/C12H21NOS/c1-4-13-12(5-7-14-10(2)3)11-6-8-15-9-11/h6,8-10,12-13H,4-5,7H2,1-3H3. The molecule has 1 unspecified atom stereocenters. The highest BCUT2D eigenvalue weighted by Crippen LogP contribution is 2.19. The van der Waals surface area contributed by atoms with Gasteiger partial charge >= 0.3 is 0 Å². The van der Waals surface area contributed by atoms with E-state index in [0.29, 0.717) is 12.1 Å². The van der Waals surface area contributed by atoms with E-state index in [1.165, 1.54) is 5.56 Å². The molecule has 1 aromatic rings. The maximum absolute atomic E-state index is 5.58. The SMILES string of the molecule is CCNC(CCOC(C)C)c1ccsc1. The second-order valence-electron chi connectivity index (χ2n) is 3.88. The molecule has 0 saturated heterocycles. The van der Waals surface area contributed by atoms with E-state index in [1.807, 2.05) is 0 Å². The summed E-state index contributed by atoms with van der Waals surface area (Å²) in [6.07, 6.45) is 1.37. The molecular formula is C12H21NOS. The Hall–Kier alpha value is -0.380. The number of hydrogen-bond acceptors (Lipinski definition) is 3. The number of rotatable bonds is 7. The molecule has 0 aliphatic heterocycles. The molecule has 86 valence electrons. The summed E-state index contributed by atoms with van der Waals surface area (Å²) in [6.45, 7) is 8.12. The molecular weight excluding hydrogens is 206 g/mol. The van der Waals surface area contributed by atoms with Gasteiger partial charge in [-0.3, -0.25) is 0 Å². The fourth-order valence-corrected chi connectivity index (χ4v) is 2.24. The van der Waals surface area contributed by atoms with Gasteiger partial charge in [0, 0.05) is 12.6 Å². The highest BCUT2D eigenvalue weighted by Gasteiger charge is 2.10. The molecule has 0 aliphatic rings. The minimum absolute atomic E-state index is 0.328. The van der Waals surface area contributed by atoms with Crippen LogP contribution in [-0.2, 0) is 4.74 Å². The van der Waals surface area contributed by atoms with Crippen molar-refractivity contribution < 1.29 is 4.74 Å². The van der Waals surface area contributed by atoms with Gasteiger partial charge in [-0.15, -0.1) is 0 Å². The van der Waals surface area contributed by atoms with Crippen LogP contribution in [-0.4, -0.2) is 19.3 Å². The zero-order chi connectivity index (χ0) is 11.1. The van der Waals surface area contributed by atoms with Crippen molar-refractivity contribution in [2.45, 2.75) is 39.3 Å². The van der Waals surface area contributed by atoms with Crippen molar-refractivity contribution in [1.82, 2.24) is 5.32 Å². The van der Waals surface area contributed by atoms with Gasteiger partial charge in [-0.2, -0.15) is 11.3 Å². The Morgan fingerprint density at radius 2 is 2.27 bits per heavy atom. The first-order valence-electron chi connectivity index (χ1n) is 5.61. The molecule has 1 rings (SSSR count).